The topological polar surface area (TPSA) is 33.1 Å². The lowest BCUT2D eigenvalue weighted by molar-refractivity contribution is 0.151. The fourth-order valence-electron chi connectivity index (χ4n) is 5.68. The molecule has 2 aliphatic heterocycles. The third kappa shape index (κ3) is 4.35. The highest BCUT2D eigenvalue weighted by atomic mass is 35.5. The van der Waals surface area contributed by atoms with Gasteiger partial charge in [-0.3, -0.25) is 0 Å². The van der Waals surface area contributed by atoms with Crippen LogP contribution in [0.2, 0.25) is 5.02 Å². The number of imidazole rings is 1. The number of benzene rings is 1. The maximum absolute atomic E-state index is 6.26. The van der Waals surface area contributed by atoms with Crippen LogP contribution >= 0.6 is 11.6 Å². The van der Waals surface area contributed by atoms with Gasteiger partial charge in [-0.05, 0) is 49.8 Å². The fraction of sp³-hybridized carbons (Fsp3) is 0.708. The maximum Gasteiger partial charge on any atom is 0.115 e. The molecule has 1 N–H and O–H groups in total. The Morgan fingerprint density at radius 3 is 2.38 bits per heavy atom. The van der Waals surface area contributed by atoms with Crippen LogP contribution in [0.25, 0.3) is 11.0 Å². The summed E-state index contributed by atoms with van der Waals surface area (Å²) in [6.07, 6.45) is 12.7. The van der Waals surface area contributed by atoms with Crippen molar-refractivity contribution in [1.29, 1.82) is 0 Å². The van der Waals surface area contributed by atoms with Gasteiger partial charge in [-0.2, -0.15) is 0 Å². The number of aromatic nitrogens is 2. The third-order valence-corrected chi connectivity index (χ3v) is 7.72. The largest absolute Gasteiger partial charge is 0.324 e. The van der Waals surface area contributed by atoms with Gasteiger partial charge >= 0.3 is 0 Å². The van der Waals surface area contributed by atoms with Crippen molar-refractivity contribution < 1.29 is 0 Å². The second kappa shape index (κ2) is 8.95. The van der Waals surface area contributed by atoms with E-state index in [0.29, 0.717) is 12.0 Å². The van der Waals surface area contributed by atoms with Gasteiger partial charge in [-0.1, -0.05) is 43.7 Å². The van der Waals surface area contributed by atoms with Gasteiger partial charge in [-0.25, -0.2) is 4.98 Å². The van der Waals surface area contributed by atoms with Crippen molar-refractivity contribution in [2.24, 2.45) is 5.92 Å². The molecular formula is C24H35ClN4. The summed E-state index contributed by atoms with van der Waals surface area (Å²) < 4.78 is 2.57. The average Bonchev–Trinajstić information content (AvgIpc) is 3.00. The van der Waals surface area contributed by atoms with Gasteiger partial charge in [0.2, 0.25) is 0 Å². The van der Waals surface area contributed by atoms with Crippen LogP contribution in [0.5, 0.6) is 0 Å². The summed E-state index contributed by atoms with van der Waals surface area (Å²) in [7, 11) is 0. The van der Waals surface area contributed by atoms with Crippen molar-refractivity contribution in [1.82, 2.24) is 19.8 Å². The Bertz CT molecular complexity index is 812. The van der Waals surface area contributed by atoms with Gasteiger partial charge in [0.1, 0.15) is 5.82 Å². The van der Waals surface area contributed by atoms with Gasteiger partial charge in [0.15, 0.2) is 0 Å². The van der Waals surface area contributed by atoms with E-state index in [1.54, 1.807) is 0 Å². The molecule has 2 saturated heterocycles. The number of hydrogen-bond acceptors (Lipinski definition) is 3. The molecule has 3 aliphatic rings. The summed E-state index contributed by atoms with van der Waals surface area (Å²) in [5.74, 6) is 2.76. The van der Waals surface area contributed by atoms with Crippen molar-refractivity contribution in [3.63, 3.8) is 0 Å². The summed E-state index contributed by atoms with van der Waals surface area (Å²) in [4.78, 5) is 7.78. The molecule has 0 atom stereocenters. The minimum Gasteiger partial charge on any atom is -0.324 e. The minimum absolute atomic E-state index is 0.550. The monoisotopic (exact) mass is 414 g/mol. The molecule has 0 bridgehead atoms. The Kier molecular flexibility index (Phi) is 6.12. The van der Waals surface area contributed by atoms with Crippen molar-refractivity contribution in [3.8, 4) is 0 Å². The molecule has 1 aromatic carbocycles. The molecule has 1 saturated carbocycles. The first-order chi connectivity index (χ1) is 14.3. The number of rotatable bonds is 4. The normalized spacial score (nSPS) is 23.8. The zero-order chi connectivity index (χ0) is 19.6. The van der Waals surface area contributed by atoms with Gasteiger partial charge < -0.3 is 14.8 Å². The van der Waals surface area contributed by atoms with E-state index in [2.05, 4.69) is 20.9 Å². The van der Waals surface area contributed by atoms with Crippen molar-refractivity contribution in [2.45, 2.75) is 69.7 Å². The van der Waals surface area contributed by atoms with E-state index in [-0.39, 0.29) is 0 Å². The predicted octanol–water partition coefficient (Wildman–Crippen LogP) is 5.37. The molecule has 0 unspecified atom stereocenters. The van der Waals surface area contributed by atoms with Crippen LogP contribution < -0.4 is 5.32 Å². The first kappa shape index (κ1) is 19.8. The first-order valence-electron chi connectivity index (χ1n) is 11.9. The molecule has 5 rings (SSSR count). The van der Waals surface area contributed by atoms with Crippen LogP contribution in [0, 0.1) is 5.92 Å². The van der Waals surface area contributed by atoms with Crippen molar-refractivity contribution in [3.05, 3.63) is 29.0 Å². The molecule has 3 heterocycles. The number of nitrogens with zero attached hydrogens (tertiary/aromatic N) is 3. The smallest absolute Gasteiger partial charge is 0.115 e. The lowest BCUT2D eigenvalue weighted by Gasteiger charge is -2.37. The predicted molar refractivity (Wildman–Crippen MR) is 121 cm³/mol. The van der Waals surface area contributed by atoms with Crippen LogP contribution in [0.15, 0.2) is 18.2 Å². The number of piperidine rings is 1. The second-order valence-corrected chi connectivity index (χ2v) is 10.0. The van der Waals surface area contributed by atoms with Crippen LogP contribution in [-0.4, -0.2) is 47.2 Å². The Balaban J connectivity index is 1.28. The fourth-order valence-corrected chi connectivity index (χ4v) is 5.85. The molecular weight excluding hydrogens is 380 g/mol. The number of halogens is 1. The molecule has 1 aliphatic carbocycles. The zero-order valence-electron chi connectivity index (χ0n) is 17.6. The zero-order valence-corrected chi connectivity index (χ0v) is 18.3. The molecule has 4 nitrogen and oxygen atoms in total. The van der Waals surface area contributed by atoms with E-state index in [9.17, 15) is 0 Å². The molecule has 29 heavy (non-hydrogen) atoms. The summed E-state index contributed by atoms with van der Waals surface area (Å²) in [5.41, 5.74) is 2.34. The van der Waals surface area contributed by atoms with Crippen molar-refractivity contribution in [2.75, 3.05) is 32.7 Å². The van der Waals surface area contributed by atoms with Crippen LogP contribution in [0.4, 0.5) is 0 Å². The summed E-state index contributed by atoms with van der Waals surface area (Å²) in [5, 5.41) is 4.21. The lowest BCUT2D eigenvalue weighted by Crippen LogP contribution is -2.43. The van der Waals surface area contributed by atoms with Crippen LogP contribution in [0.1, 0.15) is 75.6 Å². The van der Waals surface area contributed by atoms with Crippen LogP contribution in [0.3, 0.4) is 0 Å². The van der Waals surface area contributed by atoms with Gasteiger partial charge in [0, 0.05) is 49.7 Å². The summed E-state index contributed by atoms with van der Waals surface area (Å²) >= 11 is 6.26. The van der Waals surface area contributed by atoms with E-state index in [1.807, 2.05) is 12.1 Å². The molecule has 0 radical (unpaired) electrons. The Morgan fingerprint density at radius 1 is 0.966 bits per heavy atom. The number of hydrogen-bond donors (Lipinski definition) is 1. The average molecular weight is 415 g/mol. The molecule has 0 spiro atoms. The Hall–Kier alpha value is -1.10. The van der Waals surface area contributed by atoms with Crippen molar-refractivity contribution >= 4 is 22.6 Å². The number of likely N-dealkylation sites (tertiary alicyclic amines) is 1. The summed E-state index contributed by atoms with van der Waals surface area (Å²) in [6, 6.07) is 6.81. The number of nitrogens with one attached hydrogen (secondary N) is 1. The first-order valence-corrected chi connectivity index (χ1v) is 12.3. The molecule has 0 amide bonds. The maximum atomic E-state index is 6.26. The molecule has 2 aromatic rings. The Morgan fingerprint density at radius 2 is 1.69 bits per heavy atom. The van der Waals surface area contributed by atoms with Gasteiger partial charge in [0.05, 0.1) is 11.0 Å². The lowest BCUT2D eigenvalue weighted by atomic mass is 9.90. The number of fused-ring (bicyclic) bond motifs is 1. The third-order valence-electron chi connectivity index (χ3n) is 7.49. The summed E-state index contributed by atoms with van der Waals surface area (Å²) in [6.45, 7) is 5.90. The van der Waals surface area contributed by atoms with E-state index in [4.69, 9.17) is 16.6 Å². The van der Waals surface area contributed by atoms with E-state index in [1.165, 1.54) is 88.8 Å². The Labute approximate surface area is 180 Å². The minimum atomic E-state index is 0.550. The molecule has 5 heteroatoms. The van der Waals surface area contributed by atoms with E-state index in [0.717, 1.165) is 29.5 Å². The molecule has 158 valence electrons. The second-order valence-electron chi connectivity index (χ2n) is 9.57. The quantitative estimate of drug-likeness (QED) is 0.729. The highest BCUT2D eigenvalue weighted by molar-refractivity contribution is 6.31. The molecule has 3 fully saturated rings. The highest BCUT2D eigenvalue weighted by Crippen LogP contribution is 2.34. The SMILES string of the molecule is Clc1ccc2c(c1)nc(C1CNC1)n2C1CCN(CC2CCCCCCC2)CC1. The van der Waals surface area contributed by atoms with Gasteiger partial charge in [-0.15, -0.1) is 0 Å². The van der Waals surface area contributed by atoms with Gasteiger partial charge in [0.25, 0.3) is 0 Å². The standard InChI is InChI=1S/C24H35ClN4/c25-20-8-9-23-22(14-20)27-24(19-15-26-16-19)29(23)21-10-12-28(13-11-21)17-18-6-4-2-1-3-5-7-18/h8-9,14,18-19,21,26H,1-7,10-13,15-17H2. The van der Waals surface area contributed by atoms with E-state index >= 15 is 0 Å². The molecule has 1 aromatic heterocycles. The highest BCUT2D eigenvalue weighted by Gasteiger charge is 2.30. The van der Waals surface area contributed by atoms with Crippen LogP contribution in [-0.2, 0) is 0 Å². The van der Waals surface area contributed by atoms with E-state index < -0.39 is 0 Å².